The summed E-state index contributed by atoms with van der Waals surface area (Å²) in [5.74, 6) is 1.89. The van der Waals surface area contributed by atoms with E-state index in [2.05, 4.69) is 10.3 Å². The molecule has 0 aromatic carbocycles. The summed E-state index contributed by atoms with van der Waals surface area (Å²) in [4.78, 5) is 3.99. The fourth-order valence-corrected chi connectivity index (χ4v) is 1.11. The third-order valence-electron chi connectivity index (χ3n) is 1.65. The van der Waals surface area contributed by atoms with Crippen LogP contribution in [0, 0.1) is 0 Å². The van der Waals surface area contributed by atoms with Crippen molar-refractivity contribution >= 4 is 12.1 Å². The Morgan fingerprint density at radius 1 is 1.70 bits per heavy atom. The van der Waals surface area contributed by atoms with E-state index in [1.54, 1.807) is 6.20 Å². The van der Waals surface area contributed by atoms with Crippen molar-refractivity contribution in [1.29, 1.82) is 0 Å². The first-order chi connectivity index (χ1) is 4.88. The van der Waals surface area contributed by atoms with Crippen molar-refractivity contribution < 1.29 is 4.58 Å². The van der Waals surface area contributed by atoms with Crippen LogP contribution in [0.5, 0.6) is 0 Å². The van der Waals surface area contributed by atoms with Crippen molar-refractivity contribution in [2.75, 3.05) is 13.1 Å². The van der Waals surface area contributed by atoms with Crippen molar-refractivity contribution in [1.82, 2.24) is 5.32 Å². The molecule has 0 aromatic rings. The highest BCUT2D eigenvalue weighted by Crippen LogP contribution is 2.01. The number of nitrogens with two attached hydrogens (primary N) is 1. The SMILES string of the molecule is NC1=[N+]2CC=NC=C2NC1. The van der Waals surface area contributed by atoms with Gasteiger partial charge in [0, 0.05) is 6.21 Å². The molecule has 0 fully saturated rings. The Morgan fingerprint density at radius 3 is 3.40 bits per heavy atom. The normalized spacial score (nSPS) is 22.2. The molecule has 0 saturated carbocycles. The first-order valence-electron chi connectivity index (χ1n) is 3.22. The fraction of sp³-hybridized carbons (Fsp3) is 0.333. The van der Waals surface area contributed by atoms with E-state index >= 15 is 0 Å². The van der Waals surface area contributed by atoms with Crippen LogP contribution in [0.25, 0.3) is 0 Å². The summed E-state index contributed by atoms with van der Waals surface area (Å²) in [6, 6.07) is 0. The molecule has 10 heavy (non-hydrogen) atoms. The Labute approximate surface area is 58.8 Å². The van der Waals surface area contributed by atoms with Crippen LogP contribution in [0.4, 0.5) is 0 Å². The number of amidine groups is 1. The van der Waals surface area contributed by atoms with E-state index in [1.165, 1.54) is 0 Å². The summed E-state index contributed by atoms with van der Waals surface area (Å²) >= 11 is 0. The standard InChI is InChI=1S/C6H8N4/c7-5-3-9-6-4-8-1-2-10(5)6/h1,4,7,9H,2-3H2/p+1. The predicted octanol–water partition coefficient (Wildman–Crippen LogP) is -1.16. The van der Waals surface area contributed by atoms with Crippen LogP contribution in [-0.2, 0) is 0 Å². The number of hydrogen-bond donors (Lipinski definition) is 2. The van der Waals surface area contributed by atoms with Crippen molar-refractivity contribution in [2.24, 2.45) is 10.7 Å². The second kappa shape index (κ2) is 1.83. The second-order valence-corrected chi connectivity index (χ2v) is 2.30. The molecule has 2 heterocycles. The summed E-state index contributed by atoms with van der Waals surface area (Å²) in [5, 5.41) is 3.12. The third-order valence-corrected chi connectivity index (χ3v) is 1.65. The average molecular weight is 137 g/mol. The lowest BCUT2D eigenvalue weighted by atomic mass is 10.5. The Bertz CT molecular complexity index is 248. The number of fused-ring (bicyclic) bond motifs is 1. The monoisotopic (exact) mass is 137 g/mol. The van der Waals surface area contributed by atoms with Gasteiger partial charge in [0.15, 0.2) is 0 Å². The maximum atomic E-state index is 5.67. The van der Waals surface area contributed by atoms with Crippen molar-refractivity contribution in [3.05, 3.63) is 12.0 Å². The van der Waals surface area contributed by atoms with E-state index < -0.39 is 0 Å². The molecule has 0 atom stereocenters. The molecule has 52 valence electrons. The number of rotatable bonds is 0. The minimum absolute atomic E-state index is 0.745. The maximum absolute atomic E-state index is 5.67. The molecule has 3 N–H and O–H groups in total. The lowest BCUT2D eigenvalue weighted by Crippen LogP contribution is -2.25. The molecule has 0 radical (unpaired) electrons. The Balaban J connectivity index is 2.42. The highest BCUT2D eigenvalue weighted by atomic mass is 15.3. The summed E-state index contributed by atoms with van der Waals surface area (Å²) in [5.41, 5.74) is 5.67. The molecule has 2 aliphatic heterocycles. The predicted molar refractivity (Wildman–Crippen MR) is 38.9 cm³/mol. The fourth-order valence-electron chi connectivity index (χ4n) is 1.11. The number of nitrogens with zero attached hydrogens (tertiary/aromatic N) is 2. The van der Waals surface area contributed by atoms with Crippen molar-refractivity contribution in [3.8, 4) is 0 Å². The molecule has 0 bridgehead atoms. The van der Waals surface area contributed by atoms with E-state index in [9.17, 15) is 0 Å². The zero-order valence-electron chi connectivity index (χ0n) is 5.54. The molecule has 0 unspecified atom stereocenters. The van der Waals surface area contributed by atoms with E-state index in [0.717, 1.165) is 24.7 Å². The van der Waals surface area contributed by atoms with Gasteiger partial charge in [-0.05, 0) is 0 Å². The van der Waals surface area contributed by atoms with Gasteiger partial charge in [0.1, 0.15) is 13.1 Å². The van der Waals surface area contributed by atoms with E-state index in [4.69, 9.17) is 5.73 Å². The lowest BCUT2D eigenvalue weighted by Gasteiger charge is -2.03. The Hall–Kier alpha value is -1.32. The molecular weight excluding hydrogens is 128 g/mol. The van der Waals surface area contributed by atoms with Crippen molar-refractivity contribution in [2.45, 2.75) is 0 Å². The molecule has 0 aliphatic carbocycles. The molecule has 4 heteroatoms. The molecule has 2 aliphatic rings. The van der Waals surface area contributed by atoms with Crippen LogP contribution in [0.3, 0.4) is 0 Å². The van der Waals surface area contributed by atoms with Crippen molar-refractivity contribution in [3.63, 3.8) is 0 Å². The molecule has 2 rings (SSSR count). The van der Waals surface area contributed by atoms with Crippen LogP contribution < -0.4 is 11.1 Å². The van der Waals surface area contributed by atoms with E-state index in [-0.39, 0.29) is 0 Å². The minimum atomic E-state index is 0.745. The van der Waals surface area contributed by atoms with Gasteiger partial charge in [-0.25, -0.2) is 4.58 Å². The average Bonchev–Trinajstić information content (AvgIpc) is 2.34. The van der Waals surface area contributed by atoms with Crippen LogP contribution >= 0.6 is 0 Å². The van der Waals surface area contributed by atoms with Gasteiger partial charge >= 0.3 is 0 Å². The quantitative estimate of drug-likeness (QED) is 0.414. The Morgan fingerprint density at radius 2 is 2.60 bits per heavy atom. The summed E-state index contributed by atoms with van der Waals surface area (Å²) in [6.07, 6.45) is 3.62. The minimum Gasteiger partial charge on any atom is -0.319 e. The first-order valence-corrected chi connectivity index (χ1v) is 3.22. The number of nitrogens with one attached hydrogen (secondary N) is 1. The van der Waals surface area contributed by atoms with Gasteiger partial charge < -0.3 is 5.73 Å². The number of aliphatic imine (C=N–C) groups is 1. The van der Waals surface area contributed by atoms with Crippen LogP contribution in [0.1, 0.15) is 0 Å². The van der Waals surface area contributed by atoms with Gasteiger partial charge in [0.25, 0.3) is 0 Å². The van der Waals surface area contributed by atoms with Gasteiger partial charge in [-0.15, -0.1) is 0 Å². The molecular formula is C6H9N4+. The molecule has 4 nitrogen and oxygen atoms in total. The lowest BCUT2D eigenvalue weighted by molar-refractivity contribution is -0.459. The highest BCUT2D eigenvalue weighted by Gasteiger charge is 2.22. The van der Waals surface area contributed by atoms with Gasteiger partial charge in [-0.2, -0.15) is 0 Å². The van der Waals surface area contributed by atoms with Crippen LogP contribution in [-0.4, -0.2) is 29.7 Å². The first kappa shape index (κ1) is 5.46. The van der Waals surface area contributed by atoms with Gasteiger partial charge in [-0.1, -0.05) is 0 Å². The molecule has 0 spiro atoms. The smallest absolute Gasteiger partial charge is 0.240 e. The van der Waals surface area contributed by atoms with Crippen LogP contribution in [0.2, 0.25) is 0 Å². The van der Waals surface area contributed by atoms with Gasteiger partial charge in [0.2, 0.25) is 11.7 Å². The van der Waals surface area contributed by atoms with E-state index in [0.29, 0.717) is 0 Å². The zero-order chi connectivity index (χ0) is 6.97. The van der Waals surface area contributed by atoms with Crippen LogP contribution in [0.15, 0.2) is 17.0 Å². The highest BCUT2D eigenvalue weighted by molar-refractivity contribution is 5.80. The summed E-state index contributed by atoms with van der Waals surface area (Å²) in [7, 11) is 0. The largest absolute Gasteiger partial charge is 0.319 e. The second-order valence-electron chi connectivity index (χ2n) is 2.30. The number of hydrogen-bond acceptors (Lipinski definition) is 3. The third kappa shape index (κ3) is 0.618. The summed E-state index contributed by atoms with van der Waals surface area (Å²) < 4.78 is 2.01. The Kier molecular flexibility index (Phi) is 1.00. The van der Waals surface area contributed by atoms with Gasteiger partial charge in [0.05, 0.1) is 6.20 Å². The molecule has 0 saturated heterocycles. The van der Waals surface area contributed by atoms with E-state index in [1.807, 2.05) is 10.8 Å². The zero-order valence-corrected chi connectivity index (χ0v) is 5.54. The van der Waals surface area contributed by atoms with Gasteiger partial charge in [-0.3, -0.25) is 10.3 Å². The molecule has 0 amide bonds. The topological polar surface area (TPSA) is 53.4 Å². The maximum Gasteiger partial charge on any atom is 0.240 e. The molecule has 0 aromatic heterocycles. The summed E-state index contributed by atoms with van der Waals surface area (Å²) in [6.45, 7) is 1.54.